The fourth-order valence-electron chi connectivity index (χ4n) is 3.45. The van der Waals surface area contributed by atoms with Crippen molar-refractivity contribution in [1.82, 2.24) is 25.5 Å². The summed E-state index contributed by atoms with van der Waals surface area (Å²) in [5.41, 5.74) is 7.36. The lowest BCUT2D eigenvalue weighted by atomic mass is 10.1. The molecule has 0 radical (unpaired) electrons. The predicted octanol–water partition coefficient (Wildman–Crippen LogP) is 3.34. The zero-order valence-electron chi connectivity index (χ0n) is 19.0. The lowest BCUT2D eigenvalue weighted by molar-refractivity contribution is -0.131. The van der Waals surface area contributed by atoms with Gasteiger partial charge in [0.15, 0.2) is 0 Å². The van der Waals surface area contributed by atoms with Crippen LogP contribution in [-0.4, -0.2) is 45.5 Å². The molecule has 0 aliphatic heterocycles. The first-order valence-corrected chi connectivity index (χ1v) is 11.1. The minimum atomic E-state index is -0.469. The molecule has 0 aliphatic rings. The van der Waals surface area contributed by atoms with Crippen LogP contribution >= 0.6 is 0 Å². The van der Waals surface area contributed by atoms with Crippen molar-refractivity contribution in [2.75, 3.05) is 13.1 Å². The Labute approximate surface area is 193 Å². The summed E-state index contributed by atoms with van der Waals surface area (Å²) < 4.78 is 1.64. The number of hydrogen-bond donors (Lipinski definition) is 2. The lowest BCUT2D eigenvalue weighted by Crippen LogP contribution is -2.41. The highest BCUT2D eigenvalue weighted by Crippen LogP contribution is 2.23. The standard InChI is InChI=1S/C25H29N5O3/c1-3-29(4-2)23(32)17-11-16-22(31)26-27-25(33)21-18-30(20-14-9-6-10-15-20)28-24(21)19-12-7-5-8-13-19/h5-10,12-15,18H,3-4,11,16-17H2,1-2H3,(H,26,31)(H,27,33). The molecule has 8 nitrogen and oxygen atoms in total. The van der Waals surface area contributed by atoms with Gasteiger partial charge in [-0.1, -0.05) is 48.5 Å². The van der Waals surface area contributed by atoms with Gasteiger partial charge in [-0.3, -0.25) is 25.2 Å². The van der Waals surface area contributed by atoms with E-state index in [-0.39, 0.29) is 18.2 Å². The van der Waals surface area contributed by atoms with Crippen molar-refractivity contribution in [3.05, 3.63) is 72.4 Å². The number of carbonyl (C=O) groups excluding carboxylic acids is 3. The van der Waals surface area contributed by atoms with Crippen LogP contribution in [-0.2, 0) is 9.59 Å². The highest BCUT2D eigenvalue weighted by molar-refractivity contribution is 6.00. The van der Waals surface area contributed by atoms with E-state index < -0.39 is 5.91 Å². The summed E-state index contributed by atoms with van der Waals surface area (Å²) in [7, 11) is 0. The second kappa shape index (κ2) is 11.6. The number of nitrogens with zero attached hydrogens (tertiary/aromatic N) is 3. The Balaban J connectivity index is 1.65. The molecule has 0 bridgehead atoms. The van der Waals surface area contributed by atoms with Crippen molar-refractivity contribution < 1.29 is 14.4 Å². The SMILES string of the molecule is CCN(CC)C(=O)CCCC(=O)NNC(=O)c1cn(-c2ccccc2)nc1-c1ccccc1. The summed E-state index contributed by atoms with van der Waals surface area (Å²) >= 11 is 0. The molecule has 1 heterocycles. The van der Waals surface area contributed by atoms with E-state index in [0.29, 0.717) is 37.2 Å². The Kier molecular flexibility index (Phi) is 8.35. The van der Waals surface area contributed by atoms with Gasteiger partial charge in [-0.15, -0.1) is 0 Å². The van der Waals surface area contributed by atoms with E-state index in [1.807, 2.05) is 74.5 Å². The van der Waals surface area contributed by atoms with Crippen LogP contribution in [0.25, 0.3) is 16.9 Å². The summed E-state index contributed by atoms with van der Waals surface area (Å²) in [6.07, 6.45) is 2.49. The molecule has 0 saturated carbocycles. The van der Waals surface area contributed by atoms with Crippen LogP contribution in [0.1, 0.15) is 43.5 Å². The van der Waals surface area contributed by atoms with Gasteiger partial charge in [0, 0.05) is 37.7 Å². The zero-order valence-corrected chi connectivity index (χ0v) is 19.0. The molecule has 3 amide bonds. The van der Waals surface area contributed by atoms with Crippen molar-refractivity contribution >= 4 is 17.7 Å². The quantitative estimate of drug-likeness (QED) is 0.492. The van der Waals surface area contributed by atoms with Gasteiger partial charge in [0.1, 0.15) is 5.69 Å². The molecule has 0 spiro atoms. The van der Waals surface area contributed by atoms with Gasteiger partial charge in [-0.2, -0.15) is 5.10 Å². The van der Waals surface area contributed by atoms with Gasteiger partial charge in [0.05, 0.1) is 11.3 Å². The molecule has 33 heavy (non-hydrogen) atoms. The Bertz CT molecular complexity index is 1080. The number of hydrazine groups is 1. The normalized spacial score (nSPS) is 10.5. The zero-order chi connectivity index (χ0) is 23.6. The van der Waals surface area contributed by atoms with Gasteiger partial charge < -0.3 is 4.90 Å². The van der Waals surface area contributed by atoms with E-state index in [4.69, 9.17) is 0 Å². The van der Waals surface area contributed by atoms with Crippen LogP contribution in [0, 0.1) is 0 Å². The van der Waals surface area contributed by atoms with Crippen molar-refractivity contribution in [1.29, 1.82) is 0 Å². The predicted molar refractivity (Wildman–Crippen MR) is 126 cm³/mol. The molecular formula is C25H29N5O3. The first kappa shape index (κ1) is 23.7. The molecule has 1 aromatic heterocycles. The number of aromatic nitrogens is 2. The molecule has 0 unspecified atom stereocenters. The smallest absolute Gasteiger partial charge is 0.273 e. The van der Waals surface area contributed by atoms with Gasteiger partial charge in [-0.05, 0) is 32.4 Å². The number of para-hydroxylation sites is 1. The van der Waals surface area contributed by atoms with Crippen molar-refractivity contribution in [2.45, 2.75) is 33.1 Å². The van der Waals surface area contributed by atoms with Crippen LogP contribution in [0.4, 0.5) is 0 Å². The second-order valence-electron chi connectivity index (χ2n) is 7.46. The Morgan fingerprint density at radius 2 is 1.52 bits per heavy atom. The van der Waals surface area contributed by atoms with Gasteiger partial charge >= 0.3 is 0 Å². The molecule has 172 valence electrons. The van der Waals surface area contributed by atoms with Crippen molar-refractivity contribution in [3.8, 4) is 16.9 Å². The monoisotopic (exact) mass is 447 g/mol. The van der Waals surface area contributed by atoms with E-state index in [9.17, 15) is 14.4 Å². The third kappa shape index (κ3) is 6.29. The number of benzene rings is 2. The maximum atomic E-state index is 12.9. The molecule has 0 aliphatic carbocycles. The fraction of sp³-hybridized carbons (Fsp3) is 0.280. The third-order valence-corrected chi connectivity index (χ3v) is 5.25. The summed E-state index contributed by atoms with van der Waals surface area (Å²) in [5.74, 6) is -0.798. The molecule has 3 aromatic rings. The Morgan fingerprint density at radius 1 is 0.879 bits per heavy atom. The largest absolute Gasteiger partial charge is 0.343 e. The third-order valence-electron chi connectivity index (χ3n) is 5.25. The number of carbonyl (C=O) groups is 3. The average molecular weight is 448 g/mol. The first-order valence-electron chi connectivity index (χ1n) is 11.1. The van der Waals surface area contributed by atoms with E-state index >= 15 is 0 Å². The Hall–Kier alpha value is -3.94. The van der Waals surface area contributed by atoms with E-state index in [0.717, 1.165) is 11.3 Å². The first-order chi connectivity index (χ1) is 16.0. The summed E-state index contributed by atoms with van der Waals surface area (Å²) in [6, 6.07) is 18.9. The lowest BCUT2D eigenvalue weighted by Gasteiger charge is -2.18. The van der Waals surface area contributed by atoms with Crippen LogP contribution in [0.2, 0.25) is 0 Å². The highest BCUT2D eigenvalue weighted by Gasteiger charge is 2.19. The molecule has 2 aromatic carbocycles. The molecular weight excluding hydrogens is 418 g/mol. The van der Waals surface area contributed by atoms with Crippen LogP contribution in [0.5, 0.6) is 0 Å². The van der Waals surface area contributed by atoms with Gasteiger partial charge in [-0.25, -0.2) is 4.68 Å². The number of hydrogen-bond acceptors (Lipinski definition) is 4. The Morgan fingerprint density at radius 3 is 2.15 bits per heavy atom. The number of amides is 3. The fourth-order valence-corrected chi connectivity index (χ4v) is 3.45. The molecule has 0 saturated heterocycles. The summed E-state index contributed by atoms with van der Waals surface area (Å²) in [6.45, 7) is 5.15. The maximum absolute atomic E-state index is 12.9. The molecule has 2 N–H and O–H groups in total. The van der Waals surface area contributed by atoms with Gasteiger partial charge in [0.2, 0.25) is 11.8 Å². The maximum Gasteiger partial charge on any atom is 0.273 e. The minimum Gasteiger partial charge on any atom is -0.343 e. The van der Waals surface area contributed by atoms with Crippen LogP contribution in [0.3, 0.4) is 0 Å². The van der Waals surface area contributed by atoms with Crippen molar-refractivity contribution in [2.24, 2.45) is 0 Å². The average Bonchev–Trinajstić information content (AvgIpc) is 3.30. The molecule has 8 heteroatoms. The highest BCUT2D eigenvalue weighted by atomic mass is 16.2. The van der Waals surface area contributed by atoms with Crippen LogP contribution in [0.15, 0.2) is 66.9 Å². The molecule has 0 atom stereocenters. The van der Waals surface area contributed by atoms with Gasteiger partial charge in [0.25, 0.3) is 5.91 Å². The van der Waals surface area contributed by atoms with E-state index in [1.54, 1.807) is 15.8 Å². The number of nitrogens with one attached hydrogen (secondary N) is 2. The second-order valence-corrected chi connectivity index (χ2v) is 7.46. The van der Waals surface area contributed by atoms with Crippen LogP contribution < -0.4 is 10.9 Å². The molecule has 0 fully saturated rings. The summed E-state index contributed by atoms with van der Waals surface area (Å²) in [5, 5.41) is 4.60. The van der Waals surface area contributed by atoms with E-state index in [2.05, 4.69) is 16.0 Å². The topological polar surface area (TPSA) is 96.3 Å². The van der Waals surface area contributed by atoms with E-state index in [1.165, 1.54) is 0 Å². The molecule has 3 rings (SSSR count). The van der Waals surface area contributed by atoms with Crippen molar-refractivity contribution in [3.63, 3.8) is 0 Å². The number of rotatable bonds is 9. The summed E-state index contributed by atoms with van der Waals surface area (Å²) in [4.78, 5) is 38.9. The minimum absolute atomic E-state index is 0.0256.